The lowest BCUT2D eigenvalue weighted by Crippen LogP contribution is -2.35. The van der Waals surface area contributed by atoms with Gasteiger partial charge in [-0.3, -0.25) is 15.1 Å². The van der Waals surface area contributed by atoms with Crippen LogP contribution in [0, 0.1) is 17.2 Å². The van der Waals surface area contributed by atoms with Crippen LogP contribution in [0.3, 0.4) is 0 Å². The minimum absolute atomic E-state index is 0.00939. The van der Waals surface area contributed by atoms with Gasteiger partial charge in [0.1, 0.15) is 17.5 Å². The van der Waals surface area contributed by atoms with Crippen LogP contribution in [0.2, 0.25) is 0 Å². The standard InChI is InChI=1S/C28H37FN6O2/c1-17(2)32-25(16-23(30)28(3,4)5)35-27(37)33-22-11-8-18(14-21(22)29)6-7-19-12-13-31-24(15-19)34-26(36)20-9-10-20/h8,11-17,20H,6-7,9-10,30H2,1-5H3,(H,31,34,36)(H2,32,33,35,37). The maximum Gasteiger partial charge on any atom is 0.324 e. The maximum atomic E-state index is 14.8. The van der Waals surface area contributed by atoms with Crippen molar-refractivity contribution in [2.45, 2.75) is 66.3 Å². The molecule has 0 unspecified atom stereocenters. The molecule has 37 heavy (non-hydrogen) atoms. The van der Waals surface area contributed by atoms with Gasteiger partial charge in [-0.2, -0.15) is 0 Å². The number of urea groups is 1. The van der Waals surface area contributed by atoms with E-state index >= 15 is 0 Å². The number of carbonyl (C=O) groups excluding carboxylic acids is 2. The second-order valence-corrected chi connectivity index (χ2v) is 10.7. The Hall–Kier alpha value is -3.75. The summed E-state index contributed by atoms with van der Waals surface area (Å²) in [5, 5.41) is 8.04. The smallest absolute Gasteiger partial charge is 0.324 e. The number of carbonyl (C=O) groups is 2. The predicted molar refractivity (Wildman–Crippen MR) is 146 cm³/mol. The van der Waals surface area contributed by atoms with Gasteiger partial charge >= 0.3 is 6.03 Å². The number of amidine groups is 1. The largest absolute Gasteiger partial charge is 0.401 e. The van der Waals surface area contributed by atoms with E-state index in [1.165, 1.54) is 12.1 Å². The highest BCUT2D eigenvalue weighted by atomic mass is 19.1. The van der Waals surface area contributed by atoms with E-state index in [0.717, 1.165) is 24.0 Å². The number of aryl methyl sites for hydroxylation is 2. The molecule has 3 rings (SSSR count). The second-order valence-electron chi connectivity index (χ2n) is 10.7. The fourth-order valence-electron chi connectivity index (χ4n) is 3.39. The Morgan fingerprint density at radius 3 is 2.41 bits per heavy atom. The second kappa shape index (κ2) is 12.0. The SMILES string of the molecule is CC(C)N=C(C=C(N)C(C)(C)C)NC(=O)Nc1ccc(CCc2ccnc(NC(=O)C3CC3)c2)cc1F. The van der Waals surface area contributed by atoms with Crippen LogP contribution in [0.4, 0.5) is 20.7 Å². The summed E-state index contributed by atoms with van der Waals surface area (Å²) in [6, 6.07) is 7.76. The molecular formula is C28H37FN6O2. The van der Waals surface area contributed by atoms with E-state index in [4.69, 9.17) is 5.73 Å². The highest BCUT2D eigenvalue weighted by Gasteiger charge is 2.29. The van der Waals surface area contributed by atoms with Crippen molar-refractivity contribution in [3.05, 3.63) is 65.2 Å². The lowest BCUT2D eigenvalue weighted by atomic mass is 9.92. The molecular weight excluding hydrogens is 471 g/mol. The third kappa shape index (κ3) is 9.00. The number of benzene rings is 1. The molecule has 8 nitrogen and oxygen atoms in total. The van der Waals surface area contributed by atoms with Crippen molar-refractivity contribution in [1.82, 2.24) is 10.3 Å². The summed E-state index contributed by atoms with van der Waals surface area (Å²) < 4.78 is 14.8. The van der Waals surface area contributed by atoms with Crippen LogP contribution in [0.15, 0.2) is 53.3 Å². The van der Waals surface area contributed by atoms with Crippen molar-refractivity contribution in [1.29, 1.82) is 0 Å². The van der Waals surface area contributed by atoms with Crippen LogP contribution in [-0.2, 0) is 17.6 Å². The van der Waals surface area contributed by atoms with Crippen molar-refractivity contribution >= 4 is 29.3 Å². The molecule has 0 atom stereocenters. The zero-order chi connectivity index (χ0) is 27.2. The topological polar surface area (TPSA) is 122 Å². The number of pyridine rings is 1. The fraction of sp³-hybridized carbons (Fsp3) is 0.429. The minimum atomic E-state index is -0.610. The molecule has 1 aromatic carbocycles. The molecule has 0 bridgehead atoms. The lowest BCUT2D eigenvalue weighted by molar-refractivity contribution is -0.117. The molecule has 1 aliphatic rings. The summed E-state index contributed by atoms with van der Waals surface area (Å²) in [7, 11) is 0. The summed E-state index contributed by atoms with van der Waals surface area (Å²) in [6.45, 7) is 9.66. The Bertz CT molecular complexity index is 1200. The van der Waals surface area contributed by atoms with E-state index in [0.29, 0.717) is 30.2 Å². The molecule has 0 radical (unpaired) electrons. The van der Waals surface area contributed by atoms with Crippen molar-refractivity contribution in [3.8, 4) is 0 Å². The van der Waals surface area contributed by atoms with Gasteiger partial charge in [-0.15, -0.1) is 0 Å². The minimum Gasteiger partial charge on any atom is -0.401 e. The van der Waals surface area contributed by atoms with Crippen molar-refractivity contribution in [3.63, 3.8) is 0 Å². The molecule has 1 aromatic heterocycles. The van der Waals surface area contributed by atoms with Gasteiger partial charge < -0.3 is 16.4 Å². The number of hydrogen-bond donors (Lipinski definition) is 4. The van der Waals surface area contributed by atoms with Crippen LogP contribution in [0.25, 0.3) is 0 Å². The summed E-state index contributed by atoms with van der Waals surface area (Å²) >= 11 is 0. The van der Waals surface area contributed by atoms with Gasteiger partial charge in [-0.05, 0) is 81.0 Å². The first-order valence-electron chi connectivity index (χ1n) is 12.6. The number of halogens is 1. The predicted octanol–water partition coefficient (Wildman–Crippen LogP) is 5.17. The molecule has 198 valence electrons. The fourth-order valence-corrected chi connectivity index (χ4v) is 3.39. The summed E-state index contributed by atoms with van der Waals surface area (Å²) in [4.78, 5) is 33.1. The van der Waals surface area contributed by atoms with E-state index in [1.54, 1.807) is 18.3 Å². The quantitative estimate of drug-likeness (QED) is 0.290. The van der Waals surface area contributed by atoms with Crippen LogP contribution in [0.1, 0.15) is 58.6 Å². The number of nitrogens with one attached hydrogen (secondary N) is 3. The van der Waals surface area contributed by atoms with Gasteiger partial charge in [-0.25, -0.2) is 14.2 Å². The normalized spacial score (nSPS) is 14.5. The first-order valence-corrected chi connectivity index (χ1v) is 12.6. The molecule has 1 saturated carbocycles. The van der Waals surface area contributed by atoms with Crippen molar-refractivity contribution in [2.75, 3.05) is 10.6 Å². The number of rotatable bonds is 8. The molecule has 0 spiro atoms. The van der Waals surface area contributed by atoms with Gasteiger partial charge in [-0.1, -0.05) is 26.8 Å². The number of aliphatic imine (C=N–C) groups is 1. The highest BCUT2D eigenvalue weighted by molar-refractivity contribution is 6.08. The van der Waals surface area contributed by atoms with Crippen molar-refractivity contribution < 1.29 is 14.0 Å². The first-order chi connectivity index (χ1) is 17.4. The number of hydrogen-bond acceptors (Lipinski definition) is 5. The van der Waals surface area contributed by atoms with E-state index < -0.39 is 11.8 Å². The van der Waals surface area contributed by atoms with Crippen molar-refractivity contribution in [2.24, 2.45) is 22.1 Å². The molecule has 1 fully saturated rings. The van der Waals surface area contributed by atoms with Gasteiger partial charge in [0, 0.05) is 29.3 Å². The molecule has 0 aliphatic heterocycles. The third-order valence-corrected chi connectivity index (χ3v) is 5.80. The number of aromatic nitrogens is 1. The Labute approximate surface area is 218 Å². The van der Waals surface area contributed by atoms with E-state index in [2.05, 4.69) is 25.9 Å². The third-order valence-electron chi connectivity index (χ3n) is 5.80. The number of anilines is 2. The maximum absolute atomic E-state index is 14.8. The molecule has 0 saturated heterocycles. The Balaban J connectivity index is 1.59. The summed E-state index contributed by atoms with van der Waals surface area (Å²) in [5.41, 5.74) is 8.24. The van der Waals surface area contributed by atoms with Crippen LogP contribution in [-0.4, -0.2) is 28.8 Å². The monoisotopic (exact) mass is 508 g/mol. The number of allylic oxidation sites excluding steroid dienone is 1. The molecule has 5 N–H and O–H groups in total. The number of nitrogens with two attached hydrogens (primary N) is 1. The zero-order valence-electron chi connectivity index (χ0n) is 22.2. The van der Waals surface area contributed by atoms with E-state index in [-0.39, 0.29) is 29.0 Å². The first kappa shape index (κ1) is 27.8. The molecule has 1 heterocycles. The van der Waals surface area contributed by atoms with Gasteiger partial charge in [0.25, 0.3) is 0 Å². The van der Waals surface area contributed by atoms with E-state index in [9.17, 15) is 14.0 Å². The van der Waals surface area contributed by atoms with E-state index in [1.807, 2.05) is 46.8 Å². The van der Waals surface area contributed by atoms with Gasteiger partial charge in [0.2, 0.25) is 5.91 Å². The Morgan fingerprint density at radius 1 is 1.14 bits per heavy atom. The number of nitrogens with zero attached hydrogens (tertiary/aromatic N) is 2. The van der Waals surface area contributed by atoms with Crippen LogP contribution >= 0.6 is 0 Å². The average Bonchev–Trinajstić information content (AvgIpc) is 3.64. The Kier molecular flexibility index (Phi) is 9.02. The molecule has 9 heteroatoms. The molecule has 1 aliphatic carbocycles. The van der Waals surface area contributed by atoms with Gasteiger partial charge in [0.05, 0.1) is 5.69 Å². The Morgan fingerprint density at radius 2 is 1.81 bits per heavy atom. The zero-order valence-corrected chi connectivity index (χ0v) is 22.2. The lowest BCUT2D eigenvalue weighted by Gasteiger charge is -2.19. The molecule has 2 aromatic rings. The molecule has 3 amide bonds. The summed E-state index contributed by atoms with van der Waals surface area (Å²) in [6.07, 6.45) is 6.38. The highest BCUT2D eigenvalue weighted by Crippen LogP contribution is 2.30. The van der Waals surface area contributed by atoms with Crippen LogP contribution < -0.4 is 21.7 Å². The van der Waals surface area contributed by atoms with Gasteiger partial charge in [0.15, 0.2) is 0 Å². The number of amides is 3. The average molecular weight is 509 g/mol. The van der Waals surface area contributed by atoms with Crippen LogP contribution in [0.5, 0.6) is 0 Å². The summed E-state index contributed by atoms with van der Waals surface area (Å²) in [5.74, 6) is 0.421.